The molecule has 0 radical (unpaired) electrons. The Kier molecular flexibility index (Phi) is 122. The van der Waals surface area contributed by atoms with E-state index in [9.17, 15) is 13.2 Å². The summed E-state index contributed by atoms with van der Waals surface area (Å²) >= 11 is 0. The van der Waals surface area contributed by atoms with Crippen LogP contribution in [0.2, 0.25) is 0 Å². The summed E-state index contributed by atoms with van der Waals surface area (Å²) in [5.41, 5.74) is 0. The summed E-state index contributed by atoms with van der Waals surface area (Å²) in [6.07, 6.45) is 14.5. The Morgan fingerprint density at radius 3 is 0.972 bits per heavy atom. The summed E-state index contributed by atoms with van der Waals surface area (Å²) in [5.74, 6) is 5.49. The Hall–Kier alpha value is -8.77. The van der Waals surface area contributed by atoms with Gasteiger partial charge in [-0.05, 0) is 100 Å². The lowest BCUT2D eigenvalue weighted by atomic mass is 10.1. The van der Waals surface area contributed by atoms with Gasteiger partial charge in [0.25, 0.3) is 0 Å². The largest absolute Gasteiger partial charge is 0.481 e. The second-order valence-corrected chi connectivity index (χ2v) is 19.0. The first-order chi connectivity index (χ1) is 43.5. The Morgan fingerprint density at radius 1 is 0.376 bits per heavy atom. The average Bonchev–Trinajstić information content (AvgIpc) is 0.846. The SMILES string of the molecule is C.C.C.C.C.C.C.C.C.C.C.C.C.C.C.C.C.C.C.C.CC(C)Oc1ccccn1.CCCOc1ccccn1.COc1ccccn1.FC(F)(F)COc1ccccn1.OCCOc1ccccn1.c1ccc(N2CCCCC2)nc1.c1ccc(N2CCOCC2)nc1.c1ccc(OCCN2CCOCC2)nc1. The van der Waals surface area contributed by atoms with Crippen LogP contribution in [0.5, 0.6) is 35.3 Å². The van der Waals surface area contributed by atoms with E-state index in [0.29, 0.717) is 42.6 Å². The van der Waals surface area contributed by atoms with Crippen LogP contribution in [-0.2, 0) is 9.47 Å². The highest BCUT2D eigenvalue weighted by Crippen LogP contribution is 2.18. The molecule has 0 aromatic carbocycles. The molecule has 3 aliphatic heterocycles. The van der Waals surface area contributed by atoms with Gasteiger partial charge in [0.15, 0.2) is 6.61 Å². The highest BCUT2D eigenvalue weighted by atomic mass is 19.4. The predicted molar refractivity (Wildman–Crippen MR) is 473 cm³/mol. The Labute approximate surface area is 669 Å². The second kappa shape index (κ2) is 93.4. The van der Waals surface area contributed by atoms with Gasteiger partial charge in [0.2, 0.25) is 35.3 Å². The first-order valence-electron chi connectivity index (χ1n) is 29.6. The Morgan fingerprint density at radius 2 is 0.679 bits per heavy atom. The molecule has 0 saturated carbocycles. The summed E-state index contributed by atoms with van der Waals surface area (Å²) in [5, 5.41) is 8.37. The van der Waals surface area contributed by atoms with E-state index in [-0.39, 0.29) is 167 Å². The number of hydrogen-bond donors (Lipinski definition) is 1. The molecule has 3 saturated heterocycles. The maximum atomic E-state index is 11.6. The van der Waals surface area contributed by atoms with Crippen molar-refractivity contribution in [3.63, 3.8) is 0 Å². The number of nitrogens with zero attached hydrogens (tertiary/aromatic N) is 11. The van der Waals surface area contributed by atoms with Crippen molar-refractivity contribution in [3.8, 4) is 35.3 Å². The van der Waals surface area contributed by atoms with E-state index in [1.807, 2.05) is 129 Å². The molecule has 109 heavy (non-hydrogen) atoms. The van der Waals surface area contributed by atoms with Gasteiger partial charge in [-0.1, -0.05) is 204 Å². The van der Waals surface area contributed by atoms with Crippen LogP contribution in [0.25, 0.3) is 0 Å². The highest BCUT2D eigenvalue weighted by Gasteiger charge is 2.28. The molecule has 0 bridgehead atoms. The maximum absolute atomic E-state index is 11.6. The van der Waals surface area contributed by atoms with Gasteiger partial charge in [0, 0.05) is 132 Å². The lowest BCUT2D eigenvalue weighted by molar-refractivity contribution is -0.154. The van der Waals surface area contributed by atoms with Gasteiger partial charge in [-0.15, -0.1) is 0 Å². The molecule has 0 aliphatic carbocycles. The molecule has 8 aromatic heterocycles. The van der Waals surface area contributed by atoms with Crippen LogP contribution in [-0.4, -0.2) is 175 Å². The van der Waals surface area contributed by atoms with Gasteiger partial charge in [-0.2, -0.15) is 13.2 Å². The third-order valence-electron chi connectivity index (χ3n) is 11.6. The number of aliphatic hydroxyl groups excluding tert-OH is 1. The van der Waals surface area contributed by atoms with Gasteiger partial charge in [-0.25, -0.2) is 39.9 Å². The number of anilines is 2. The fraction of sp³-hybridized carbons (Fsp3) is 0.535. The normalized spacial score (nSPS) is 10.8. The second-order valence-electron chi connectivity index (χ2n) is 19.0. The quantitative estimate of drug-likeness (QED) is 0.0899. The molecule has 1 N–H and O–H groups in total. The van der Waals surface area contributed by atoms with Gasteiger partial charge in [0.1, 0.15) is 24.8 Å². The summed E-state index contributed by atoms with van der Waals surface area (Å²) < 4.78 is 75.5. The minimum absolute atomic E-state index is 0. The number of pyridine rings is 8. The van der Waals surface area contributed by atoms with E-state index < -0.39 is 12.8 Å². The van der Waals surface area contributed by atoms with Crippen molar-refractivity contribution in [2.24, 2.45) is 0 Å². The number of ether oxygens (including phenoxy) is 8. The van der Waals surface area contributed by atoms with Crippen LogP contribution in [0, 0.1) is 0 Å². The number of hydrogen-bond acceptors (Lipinski definition) is 20. The number of piperidine rings is 1. The van der Waals surface area contributed by atoms with Crippen LogP contribution in [0.3, 0.4) is 0 Å². The van der Waals surface area contributed by atoms with Crippen molar-refractivity contribution in [1.82, 2.24) is 44.8 Å². The molecule has 20 nitrogen and oxygen atoms in total. The standard InChI is InChI=1S/C11H16N2O2.C10H14N2.C9H12N2O.2C8H11NO.C7H6F3NO.C7H9NO2.C6H7NO.20CH4/c1-2-4-12-11(3-1)15-10-7-13-5-8-14-9-6-13;1-4-8-12(9-5-1)10-6-2-3-7-11-10;1-2-4-10-9(3-1)11-5-7-12-8-6-11;1-7(2)10-8-5-3-4-6-9-8;1-2-7-10-8-5-3-4-6-9-8;8-7(9,10)5-12-6-3-1-2-4-11-6;9-5-6-10-7-3-1-2-4-8-7;1-8-6-4-2-3-5-7-6;;;;;;;;;;;;;;;;;;;;/h1-4H,5-10H2;2-3,6-7H,1,4-5,8-9H2;1-4H,5-8H2;3-7H,1-2H3;3-6H,2,7H2,1H3;1-4H,5H2;1-4,9H,5-6H2;2-5H,1H3;20*1H4. The van der Waals surface area contributed by atoms with Crippen molar-refractivity contribution >= 4 is 11.6 Å². The topological polar surface area (TPSA) is 207 Å². The monoisotopic (exact) mass is 1550 g/mol. The van der Waals surface area contributed by atoms with E-state index in [1.54, 1.807) is 62.4 Å². The molecule has 11 heterocycles. The number of halogens is 3. The van der Waals surface area contributed by atoms with Crippen LogP contribution < -0.4 is 38.2 Å². The van der Waals surface area contributed by atoms with Crippen molar-refractivity contribution < 1.29 is 56.2 Å². The fourth-order valence-corrected chi connectivity index (χ4v) is 7.47. The average molecular weight is 1560 g/mol. The minimum atomic E-state index is -4.31. The van der Waals surface area contributed by atoms with Crippen molar-refractivity contribution in [3.05, 3.63) is 195 Å². The molecule has 23 heteroatoms. The smallest absolute Gasteiger partial charge is 0.422 e. The first-order valence-corrected chi connectivity index (χ1v) is 29.6. The van der Waals surface area contributed by atoms with Crippen LogP contribution in [0.1, 0.15) is 195 Å². The van der Waals surface area contributed by atoms with Crippen molar-refractivity contribution in [2.75, 3.05) is 122 Å². The zero-order valence-corrected chi connectivity index (χ0v) is 51.5. The molecule has 8 aromatic rings. The van der Waals surface area contributed by atoms with E-state index in [0.717, 1.165) is 83.8 Å². The lowest BCUT2D eigenvalue weighted by Crippen LogP contribution is -2.38. The van der Waals surface area contributed by atoms with Crippen molar-refractivity contribution in [1.29, 1.82) is 0 Å². The van der Waals surface area contributed by atoms with Gasteiger partial charge in [-0.3, -0.25) is 4.90 Å². The van der Waals surface area contributed by atoms with E-state index in [2.05, 4.69) is 78.4 Å². The van der Waals surface area contributed by atoms with Gasteiger partial charge < -0.3 is 52.8 Å². The lowest BCUT2D eigenvalue weighted by Gasteiger charge is -2.27. The zero-order valence-electron chi connectivity index (χ0n) is 51.5. The number of alkyl halides is 3. The maximum Gasteiger partial charge on any atom is 0.422 e. The number of rotatable bonds is 17. The number of morpholine rings is 2. The molecule has 0 spiro atoms. The van der Waals surface area contributed by atoms with E-state index in [1.165, 1.54) is 44.6 Å². The van der Waals surface area contributed by atoms with Crippen LogP contribution >= 0.6 is 0 Å². The molecular formula is C86H166F3N11O9. The summed E-state index contributed by atoms with van der Waals surface area (Å²) in [6.45, 7) is 17.0. The van der Waals surface area contributed by atoms with E-state index >= 15 is 0 Å². The van der Waals surface area contributed by atoms with Gasteiger partial charge >= 0.3 is 6.18 Å². The summed E-state index contributed by atoms with van der Waals surface area (Å²) in [4.78, 5) is 38.9. The number of aromatic nitrogens is 8. The van der Waals surface area contributed by atoms with Crippen LogP contribution in [0.4, 0.5) is 24.8 Å². The zero-order chi connectivity index (χ0) is 63.5. The molecule has 3 fully saturated rings. The fourth-order valence-electron chi connectivity index (χ4n) is 7.47. The number of aliphatic hydroxyl groups is 1. The molecule has 3 aliphatic rings. The minimum Gasteiger partial charge on any atom is -0.481 e. The van der Waals surface area contributed by atoms with Crippen LogP contribution in [0.15, 0.2) is 195 Å². The third kappa shape index (κ3) is 73.2. The van der Waals surface area contributed by atoms with Gasteiger partial charge in [0.05, 0.1) is 52.9 Å². The third-order valence-corrected chi connectivity index (χ3v) is 11.6. The predicted octanol–water partition coefficient (Wildman–Crippen LogP) is 23.8. The summed E-state index contributed by atoms with van der Waals surface area (Å²) in [6, 6.07) is 44.5. The molecule has 0 amide bonds. The molecular weight excluding hydrogens is 1390 g/mol. The Balaban J connectivity index is -0.0000000579. The number of methoxy groups -OCH3 is 1. The summed E-state index contributed by atoms with van der Waals surface area (Å²) in [7, 11) is 1.60. The highest BCUT2D eigenvalue weighted by molar-refractivity contribution is 5.38. The Bertz CT molecular complexity index is 2740. The van der Waals surface area contributed by atoms with E-state index in [4.69, 9.17) is 38.3 Å². The van der Waals surface area contributed by atoms with Crippen molar-refractivity contribution in [2.45, 2.75) is 207 Å². The molecule has 11 rings (SSSR count). The first kappa shape index (κ1) is 142. The molecule has 0 unspecified atom stereocenters. The molecule has 640 valence electrons. The molecule has 0 atom stereocenters.